The summed E-state index contributed by atoms with van der Waals surface area (Å²) < 4.78 is 24.2. The zero-order valence-corrected chi connectivity index (χ0v) is 15.5. The lowest BCUT2D eigenvalue weighted by Gasteiger charge is -2.12. The van der Waals surface area contributed by atoms with E-state index in [9.17, 15) is 9.18 Å². The van der Waals surface area contributed by atoms with Gasteiger partial charge in [0.05, 0.1) is 38.2 Å². The van der Waals surface area contributed by atoms with Gasteiger partial charge in [-0.3, -0.25) is 4.79 Å². The molecule has 0 fully saturated rings. The minimum Gasteiger partial charge on any atom is -0.497 e. The number of methoxy groups -OCH3 is 2. The number of pyridine rings is 1. The lowest BCUT2D eigenvalue weighted by atomic mass is 10.1. The van der Waals surface area contributed by atoms with Crippen molar-refractivity contribution in [3.63, 3.8) is 0 Å². The normalized spacial score (nSPS) is 10.2. The van der Waals surface area contributed by atoms with Gasteiger partial charge in [-0.05, 0) is 35.9 Å². The molecule has 0 saturated heterocycles. The van der Waals surface area contributed by atoms with Gasteiger partial charge in [0.1, 0.15) is 23.1 Å². The van der Waals surface area contributed by atoms with Crippen LogP contribution >= 0.6 is 0 Å². The largest absolute Gasteiger partial charge is 0.497 e. The summed E-state index contributed by atoms with van der Waals surface area (Å²) in [7, 11) is 3.16. The molecule has 0 bridgehead atoms. The number of carbonyl (C=O) groups excluding carboxylic acids is 1. The molecule has 3 rings (SSSR count). The fraction of sp³-hybridized carbons (Fsp3) is 0.143. The summed E-state index contributed by atoms with van der Waals surface area (Å²) in [5, 5.41) is 5.86. The Labute approximate surface area is 162 Å². The van der Waals surface area contributed by atoms with Crippen LogP contribution in [0.15, 0.2) is 60.8 Å². The Kier molecular flexibility index (Phi) is 6.06. The van der Waals surface area contributed by atoms with Crippen LogP contribution in [0.5, 0.6) is 11.5 Å². The number of nitrogens with one attached hydrogen (secondary N) is 2. The highest BCUT2D eigenvalue weighted by atomic mass is 19.1. The fourth-order valence-corrected chi connectivity index (χ4v) is 2.61. The van der Waals surface area contributed by atoms with Crippen LogP contribution in [0.4, 0.5) is 21.6 Å². The highest BCUT2D eigenvalue weighted by molar-refractivity contribution is 5.92. The molecule has 0 unspecified atom stereocenters. The number of ether oxygens (including phenoxy) is 2. The van der Waals surface area contributed by atoms with Crippen molar-refractivity contribution in [2.24, 2.45) is 0 Å². The first-order valence-electron chi connectivity index (χ1n) is 8.57. The van der Waals surface area contributed by atoms with Gasteiger partial charge in [0.15, 0.2) is 0 Å². The molecule has 0 aliphatic carbocycles. The first-order chi connectivity index (χ1) is 13.6. The number of rotatable bonds is 7. The van der Waals surface area contributed by atoms with Gasteiger partial charge in [-0.1, -0.05) is 18.2 Å². The first-order valence-corrected chi connectivity index (χ1v) is 8.57. The molecule has 0 aliphatic heterocycles. The molecule has 0 atom stereocenters. The molecule has 2 aromatic carbocycles. The van der Waals surface area contributed by atoms with E-state index in [4.69, 9.17) is 9.47 Å². The second kappa shape index (κ2) is 8.85. The van der Waals surface area contributed by atoms with E-state index in [-0.39, 0.29) is 12.3 Å². The Balaban J connectivity index is 1.65. The molecule has 1 aromatic heterocycles. The van der Waals surface area contributed by atoms with Crippen molar-refractivity contribution in [2.45, 2.75) is 6.42 Å². The zero-order chi connectivity index (χ0) is 19.9. The number of amides is 1. The minimum atomic E-state index is -0.400. The van der Waals surface area contributed by atoms with Crippen molar-refractivity contribution in [2.75, 3.05) is 24.9 Å². The number of aromatic nitrogens is 1. The lowest BCUT2D eigenvalue weighted by Crippen LogP contribution is -2.15. The average molecular weight is 381 g/mol. The molecule has 28 heavy (non-hydrogen) atoms. The van der Waals surface area contributed by atoms with E-state index >= 15 is 0 Å². The Hall–Kier alpha value is -3.61. The number of carbonyl (C=O) groups is 1. The molecule has 3 aromatic rings. The Morgan fingerprint density at radius 3 is 2.57 bits per heavy atom. The standard InChI is InChI=1S/C21H20FN3O3/c1-27-16-8-9-19(28-2)18(12-16)25-20-10-7-15(13-23-20)24-21(26)11-14-5-3-4-6-17(14)22/h3-10,12-13H,11H2,1-2H3,(H,23,25)(H,24,26). The van der Waals surface area contributed by atoms with Gasteiger partial charge in [-0.25, -0.2) is 9.37 Å². The Morgan fingerprint density at radius 1 is 1.07 bits per heavy atom. The van der Waals surface area contributed by atoms with Gasteiger partial charge in [-0.15, -0.1) is 0 Å². The van der Waals surface area contributed by atoms with Crippen LogP contribution in [0.1, 0.15) is 5.56 Å². The van der Waals surface area contributed by atoms with Crippen LogP contribution in [-0.4, -0.2) is 25.1 Å². The van der Waals surface area contributed by atoms with Crippen molar-refractivity contribution in [1.29, 1.82) is 0 Å². The topological polar surface area (TPSA) is 72.5 Å². The average Bonchev–Trinajstić information content (AvgIpc) is 2.71. The molecular weight excluding hydrogens is 361 g/mol. The van der Waals surface area contributed by atoms with Gasteiger partial charge in [0.2, 0.25) is 5.91 Å². The molecule has 0 spiro atoms. The number of benzene rings is 2. The van der Waals surface area contributed by atoms with E-state index in [1.807, 2.05) is 0 Å². The maximum absolute atomic E-state index is 13.6. The quantitative estimate of drug-likeness (QED) is 0.643. The van der Waals surface area contributed by atoms with Crippen LogP contribution in [0.2, 0.25) is 0 Å². The predicted octanol–water partition coefficient (Wildman–Crippen LogP) is 4.16. The van der Waals surface area contributed by atoms with Crippen LogP contribution < -0.4 is 20.1 Å². The number of anilines is 3. The third kappa shape index (κ3) is 4.76. The van der Waals surface area contributed by atoms with E-state index in [0.717, 1.165) is 0 Å². The van der Waals surface area contributed by atoms with Crippen LogP contribution in [0, 0.1) is 5.82 Å². The summed E-state index contributed by atoms with van der Waals surface area (Å²) in [6.07, 6.45) is 1.47. The summed E-state index contributed by atoms with van der Waals surface area (Å²) >= 11 is 0. The molecule has 0 aliphatic rings. The van der Waals surface area contributed by atoms with Gasteiger partial charge < -0.3 is 20.1 Å². The van der Waals surface area contributed by atoms with Gasteiger partial charge >= 0.3 is 0 Å². The van der Waals surface area contributed by atoms with Crippen molar-refractivity contribution in [3.8, 4) is 11.5 Å². The molecule has 144 valence electrons. The highest BCUT2D eigenvalue weighted by Crippen LogP contribution is 2.31. The summed E-state index contributed by atoms with van der Waals surface area (Å²) in [5.41, 5.74) is 1.56. The smallest absolute Gasteiger partial charge is 0.228 e. The molecule has 6 nitrogen and oxygen atoms in total. The third-order valence-electron chi connectivity index (χ3n) is 4.03. The van der Waals surface area contributed by atoms with Crippen molar-refractivity contribution in [3.05, 3.63) is 72.2 Å². The summed E-state index contributed by atoms with van der Waals surface area (Å²) in [6.45, 7) is 0. The number of hydrogen-bond donors (Lipinski definition) is 2. The van der Waals surface area contributed by atoms with E-state index in [1.54, 1.807) is 62.8 Å². The van der Waals surface area contributed by atoms with E-state index in [0.29, 0.717) is 34.3 Å². The minimum absolute atomic E-state index is 0.0479. The number of nitrogens with zero attached hydrogens (tertiary/aromatic N) is 1. The van der Waals surface area contributed by atoms with Crippen molar-refractivity contribution in [1.82, 2.24) is 4.98 Å². The molecule has 1 heterocycles. The molecular formula is C21H20FN3O3. The molecule has 2 N–H and O–H groups in total. The van der Waals surface area contributed by atoms with Gasteiger partial charge in [0.25, 0.3) is 0 Å². The second-order valence-electron chi connectivity index (χ2n) is 5.94. The van der Waals surface area contributed by atoms with Gasteiger partial charge in [-0.2, -0.15) is 0 Å². The monoisotopic (exact) mass is 381 g/mol. The first kappa shape index (κ1) is 19.2. The third-order valence-corrected chi connectivity index (χ3v) is 4.03. The van der Waals surface area contributed by atoms with Crippen molar-refractivity contribution >= 4 is 23.1 Å². The Morgan fingerprint density at radius 2 is 1.89 bits per heavy atom. The molecule has 0 radical (unpaired) electrons. The maximum atomic E-state index is 13.6. The van der Waals surface area contributed by atoms with Gasteiger partial charge in [0, 0.05) is 6.07 Å². The Bertz CT molecular complexity index is 961. The van der Waals surface area contributed by atoms with E-state index < -0.39 is 5.82 Å². The predicted molar refractivity (Wildman–Crippen MR) is 106 cm³/mol. The lowest BCUT2D eigenvalue weighted by molar-refractivity contribution is -0.115. The molecule has 0 saturated carbocycles. The second-order valence-corrected chi connectivity index (χ2v) is 5.94. The summed E-state index contributed by atoms with van der Waals surface area (Å²) in [6, 6.07) is 15.0. The summed E-state index contributed by atoms with van der Waals surface area (Å²) in [5.74, 6) is 1.17. The SMILES string of the molecule is COc1ccc(OC)c(Nc2ccc(NC(=O)Cc3ccccc3F)cn2)c1. The number of hydrogen-bond acceptors (Lipinski definition) is 5. The van der Waals surface area contributed by atoms with Crippen molar-refractivity contribution < 1.29 is 18.7 Å². The van der Waals surface area contributed by atoms with Crippen LogP contribution in [0.3, 0.4) is 0 Å². The van der Waals surface area contributed by atoms with E-state index in [2.05, 4.69) is 15.6 Å². The van der Waals surface area contributed by atoms with Crippen LogP contribution in [-0.2, 0) is 11.2 Å². The molecule has 7 heteroatoms. The zero-order valence-electron chi connectivity index (χ0n) is 15.5. The van der Waals surface area contributed by atoms with Crippen LogP contribution in [0.25, 0.3) is 0 Å². The number of halogens is 1. The highest BCUT2D eigenvalue weighted by Gasteiger charge is 2.09. The molecule has 1 amide bonds. The maximum Gasteiger partial charge on any atom is 0.228 e. The fourth-order valence-electron chi connectivity index (χ4n) is 2.61. The summed E-state index contributed by atoms with van der Waals surface area (Å²) in [4.78, 5) is 16.4. The van der Waals surface area contributed by atoms with E-state index in [1.165, 1.54) is 12.3 Å².